The van der Waals surface area contributed by atoms with Crippen molar-refractivity contribution in [3.63, 3.8) is 0 Å². The number of nitrogens with zero attached hydrogens (tertiary/aromatic N) is 4. The lowest BCUT2D eigenvalue weighted by atomic mass is 9.90. The molecular formula is C20H24N4OS. The minimum Gasteiger partial charge on any atom is -0.347 e. The first-order valence-corrected chi connectivity index (χ1v) is 10.1. The summed E-state index contributed by atoms with van der Waals surface area (Å²) >= 11 is 1.51. The molecule has 5 nitrogen and oxygen atoms in total. The summed E-state index contributed by atoms with van der Waals surface area (Å²) in [6, 6.07) is 10.4. The van der Waals surface area contributed by atoms with Crippen LogP contribution in [0.5, 0.6) is 0 Å². The molecule has 26 heavy (non-hydrogen) atoms. The molecule has 0 atom stereocenters. The van der Waals surface area contributed by atoms with Crippen molar-refractivity contribution in [2.24, 2.45) is 5.92 Å². The van der Waals surface area contributed by atoms with E-state index < -0.39 is 0 Å². The maximum absolute atomic E-state index is 12.0. The molecule has 0 aliphatic carbocycles. The molecule has 0 amide bonds. The number of anilines is 1. The molecule has 6 heteroatoms. The predicted octanol–water partition coefficient (Wildman–Crippen LogP) is 3.62. The lowest BCUT2D eigenvalue weighted by Gasteiger charge is -2.31. The van der Waals surface area contributed by atoms with E-state index in [9.17, 15) is 4.79 Å². The minimum absolute atomic E-state index is 0.0945. The Hall–Kier alpha value is -2.21. The molecule has 2 aromatic heterocycles. The molecule has 3 heterocycles. The van der Waals surface area contributed by atoms with Crippen molar-refractivity contribution in [2.75, 3.05) is 18.0 Å². The highest BCUT2D eigenvalue weighted by atomic mass is 32.1. The maximum Gasteiger partial charge on any atom is 0.275 e. The van der Waals surface area contributed by atoms with Gasteiger partial charge in [-0.05, 0) is 51.0 Å². The zero-order chi connectivity index (χ0) is 18.1. The third-order valence-corrected chi connectivity index (χ3v) is 6.18. The fourth-order valence-corrected chi connectivity index (χ4v) is 4.58. The van der Waals surface area contributed by atoms with Crippen molar-refractivity contribution in [1.29, 1.82) is 0 Å². The number of aryl methyl sites for hydroxylation is 3. The van der Waals surface area contributed by atoms with Gasteiger partial charge in [-0.2, -0.15) is 4.52 Å². The Bertz CT molecular complexity index is 952. The summed E-state index contributed by atoms with van der Waals surface area (Å²) in [5.74, 6) is 0.769. The normalized spacial score (nSPS) is 15.7. The number of hydrogen-bond acceptors (Lipinski definition) is 5. The van der Waals surface area contributed by atoms with Crippen molar-refractivity contribution in [3.8, 4) is 0 Å². The van der Waals surface area contributed by atoms with Gasteiger partial charge in [-0.3, -0.25) is 4.79 Å². The van der Waals surface area contributed by atoms with Crippen molar-refractivity contribution in [1.82, 2.24) is 14.6 Å². The zero-order valence-electron chi connectivity index (χ0n) is 15.3. The molecule has 0 bridgehead atoms. The van der Waals surface area contributed by atoms with Crippen molar-refractivity contribution in [3.05, 3.63) is 57.5 Å². The van der Waals surface area contributed by atoms with E-state index in [2.05, 4.69) is 46.2 Å². The molecule has 0 saturated carbocycles. The summed E-state index contributed by atoms with van der Waals surface area (Å²) in [4.78, 5) is 19.5. The van der Waals surface area contributed by atoms with Gasteiger partial charge in [-0.1, -0.05) is 41.2 Å². The predicted molar refractivity (Wildman–Crippen MR) is 106 cm³/mol. The van der Waals surface area contributed by atoms with Gasteiger partial charge in [0.2, 0.25) is 10.1 Å². The smallest absolute Gasteiger partial charge is 0.275 e. The van der Waals surface area contributed by atoms with E-state index in [1.165, 1.54) is 52.3 Å². The number of benzene rings is 1. The van der Waals surface area contributed by atoms with Gasteiger partial charge < -0.3 is 4.90 Å². The van der Waals surface area contributed by atoms with Crippen LogP contribution in [0.2, 0.25) is 0 Å². The molecule has 1 saturated heterocycles. The Morgan fingerprint density at radius 1 is 1.15 bits per heavy atom. The molecule has 0 radical (unpaired) electrons. The number of piperidine rings is 1. The second-order valence-corrected chi connectivity index (χ2v) is 8.20. The first-order valence-electron chi connectivity index (χ1n) is 9.26. The Morgan fingerprint density at radius 3 is 2.62 bits per heavy atom. The number of hydrogen-bond donors (Lipinski definition) is 0. The highest BCUT2D eigenvalue weighted by Crippen LogP contribution is 2.28. The highest BCUT2D eigenvalue weighted by Gasteiger charge is 2.22. The van der Waals surface area contributed by atoms with Crippen LogP contribution in [0.3, 0.4) is 0 Å². The highest BCUT2D eigenvalue weighted by molar-refractivity contribution is 7.20. The van der Waals surface area contributed by atoms with Gasteiger partial charge >= 0.3 is 0 Å². The molecular weight excluding hydrogens is 344 g/mol. The van der Waals surface area contributed by atoms with Crippen LogP contribution in [0.1, 0.15) is 36.1 Å². The van der Waals surface area contributed by atoms with Crippen LogP contribution in [0.25, 0.3) is 4.96 Å². The third kappa shape index (κ3) is 3.65. The number of rotatable bonds is 4. The number of aromatic nitrogens is 3. The largest absolute Gasteiger partial charge is 0.347 e. The Balaban J connectivity index is 1.37. The summed E-state index contributed by atoms with van der Waals surface area (Å²) < 4.78 is 1.43. The van der Waals surface area contributed by atoms with Crippen LogP contribution < -0.4 is 10.5 Å². The van der Waals surface area contributed by atoms with Crippen molar-refractivity contribution < 1.29 is 0 Å². The third-order valence-electron chi connectivity index (χ3n) is 5.21. The molecule has 3 aromatic rings. The van der Waals surface area contributed by atoms with Crippen molar-refractivity contribution >= 4 is 21.4 Å². The van der Waals surface area contributed by atoms with Crippen LogP contribution >= 0.6 is 11.3 Å². The van der Waals surface area contributed by atoms with E-state index in [1.54, 1.807) is 0 Å². The van der Waals surface area contributed by atoms with Gasteiger partial charge in [-0.25, -0.2) is 4.98 Å². The Morgan fingerprint density at radius 2 is 1.88 bits per heavy atom. The molecule has 136 valence electrons. The van der Waals surface area contributed by atoms with E-state index in [0.717, 1.165) is 36.3 Å². The van der Waals surface area contributed by atoms with E-state index in [-0.39, 0.29) is 5.56 Å². The van der Waals surface area contributed by atoms with Gasteiger partial charge in [0.05, 0.1) is 0 Å². The standard InChI is InChI=1S/C20H24N4OS/c1-14-3-5-16(6-4-14)7-8-17-9-11-23(12-10-17)20-22-24-18(25)13-15(2)21-19(24)26-20/h3-6,13,17H,7-12H2,1-2H3. The van der Waals surface area contributed by atoms with Gasteiger partial charge in [0, 0.05) is 24.8 Å². The average molecular weight is 369 g/mol. The minimum atomic E-state index is -0.0945. The zero-order valence-corrected chi connectivity index (χ0v) is 16.1. The molecule has 1 aromatic carbocycles. The van der Waals surface area contributed by atoms with Crippen LogP contribution in [-0.4, -0.2) is 27.7 Å². The summed E-state index contributed by atoms with van der Waals surface area (Å²) in [5, 5.41) is 5.40. The summed E-state index contributed by atoms with van der Waals surface area (Å²) in [6.45, 7) is 5.99. The van der Waals surface area contributed by atoms with Crippen LogP contribution in [-0.2, 0) is 6.42 Å². The van der Waals surface area contributed by atoms with Gasteiger partial charge in [0.15, 0.2) is 0 Å². The first kappa shape index (κ1) is 17.2. The fourth-order valence-electron chi connectivity index (χ4n) is 3.58. The summed E-state index contributed by atoms with van der Waals surface area (Å²) in [6.07, 6.45) is 4.77. The van der Waals surface area contributed by atoms with Crippen molar-refractivity contribution in [2.45, 2.75) is 39.5 Å². The van der Waals surface area contributed by atoms with Gasteiger partial charge in [-0.15, -0.1) is 5.10 Å². The summed E-state index contributed by atoms with van der Waals surface area (Å²) in [7, 11) is 0. The number of fused-ring (bicyclic) bond motifs is 1. The second-order valence-electron chi connectivity index (χ2n) is 7.27. The topological polar surface area (TPSA) is 50.5 Å². The summed E-state index contributed by atoms with van der Waals surface area (Å²) in [5.41, 5.74) is 3.41. The van der Waals surface area contributed by atoms with Crippen LogP contribution in [0.4, 0.5) is 5.13 Å². The quantitative estimate of drug-likeness (QED) is 0.706. The maximum atomic E-state index is 12.0. The monoisotopic (exact) mass is 368 g/mol. The lowest BCUT2D eigenvalue weighted by molar-refractivity contribution is 0.381. The molecule has 0 spiro atoms. The van der Waals surface area contributed by atoms with Gasteiger partial charge in [0.25, 0.3) is 5.56 Å². The SMILES string of the molecule is Cc1ccc(CCC2CCN(c3nn4c(=O)cc(C)nc4s3)CC2)cc1. The van der Waals surface area contributed by atoms with E-state index >= 15 is 0 Å². The molecule has 0 N–H and O–H groups in total. The Kier molecular flexibility index (Phi) is 4.76. The molecule has 1 fully saturated rings. The van der Waals surface area contributed by atoms with Crippen LogP contribution in [0, 0.1) is 19.8 Å². The van der Waals surface area contributed by atoms with Crippen LogP contribution in [0.15, 0.2) is 35.1 Å². The van der Waals surface area contributed by atoms with E-state index in [0.29, 0.717) is 4.96 Å². The average Bonchev–Trinajstić information content (AvgIpc) is 3.06. The lowest BCUT2D eigenvalue weighted by Crippen LogP contribution is -2.34. The first-order chi connectivity index (χ1) is 12.6. The molecule has 1 aliphatic heterocycles. The fraction of sp³-hybridized carbons (Fsp3) is 0.450. The Labute approximate surface area is 157 Å². The molecule has 1 aliphatic rings. The van der Waals surface area contributed by atoms with Gasteiger partial charge in [0.1, 0.15) is 0 Å². The molecule has 4 rings (SSSR count). The van der Waals surface area contributed by atoms with E-state index in [1.807, 2.05) is 6.92 Å². The van der Waals surface area contributed by atoms with E-state index in [4.69, 9.17) is 0 Å². The molecule has 0 unspecified atom stereocenters. The second kappa shape index (κ2) is 7.19.